The Kier molecular flexibility index (Phi) is 4.36. The van der Waals surface area contributed by atoms with Crippen LogP contribution in [0.3, 0.4) is 0 Å². The van der Waals surface area contributed by atoms with Gasteiger partial charge in [0.25, 0.3) is 5.56 Å². The quantitative estimate of drug-likeness (QED) is 0.505. The standard InChI is InChI=1S/C20H17N5O3/c1-12-16(8-18(24-23-12)17-9-21-20(28)22-19(17)27)14-6-7-25(11-14)10-13-2-4-15(26)5-3-13/h2-9,11,26H,10H2,1H3,(H2,21,22,27,28). The topological polar surface area (TPSA) is 117 Å². The minimum Gasteiger partial charge on any atom is -0.508 e. The van der Waals surface area contributed by atoms with Gasteiger partial charge in [0.2, 0.25) is 0 Å². The predicted octanol–water partition coefficient (Wildman–Crippen LogP) is 2.05. The highest BCUT2D eigenvalue weighted by Crippen LogP contribution is 2.25. The third kappa shape index (κ3) is 3.48. The number of benzene rings is 1. The first-order valence-electron chi connectivity index (χ1n) is 8.60. The number of phenolic OH excluding ortho intramolecular Hbond substituents is 1. The summed E-state index contributed by atoms with van der Waals surface area (Å²) in [6.45, 7) is 2.50. The maximum Gasteiger partial charge on any atom is 0.325 e. The van der Waals surface area contributed by atoms with Gasteiger partial charge in [-0.15, -0.1) is 5.10 Å². The van der Waals surface area contributed by atoms with Crippen molar-refractivity contribution in [1.82, 2.24) is 24.7 Å². The molecule has 0 atom stereocenters. The number of H-pyrrole nitrogens is 2. The second-order valence-corrected chi connectivity index (χ2v) is 6.45. The van der Waals surface area contributed by atoms with E-state index in [2.05, 4.69) is 20.2 Å². The normalized spacial score (nSPS) is 10.9. The molecule has 0 saturated carbocycles. The first-order chi connectivity index (χ1) is 13.5. The molecule has 3 heterocycles. The van der Waals surface area contributed by atoms with Gasteiger partial charge in [-0.1, -0.05) is 12.1 Å². The van der Waals surface area contributed by atoms with Crippen molar-refractivity contribution in [3.05, 3.63) is 87.1 Å². The van der Waals surface area contributed by atoms with Crippen LogP contribution in [0.2, 0.25) is 0 Å². The van der Waals surface area contributed by atoms with Crippen molar-refractivity contribution >= 4 is 0 Å². The fourth-order valence-corrected chi connectivity index (χ4v) is 2.99. The SMILES string of the molecule is Cc1nnc(-c2c[nH]c(=O)[nH]c2=O)cc1-c1ccn(Cc2ccc(O)cc2)c1. The summed E-state index contributed by atoms with van der Waals surface area (Å²) in [6.07, 6.45) is 5.27. The highest BCUT2D eigenvalue weighted by atomic mass is 16.3. The van der Waals surface area contributed by atoms with Crippen LogP contribution in [-0.4, -0.2) is 29.8 Å². The summed E-state index contributed by atoms with van der Waals surface area (Å²) in [5.74, 6) is 0.236. The maximum absolute atomic E-state index is 12.0. The van der Waals surface area contributed by atoms with E-state index in [9.17, 15) is 14.7 Å². The first kappa shape index (κ1) is 17.5. The number of aromatic hydroxyl groups is 1. The maximum atomic E-state index is 12.0. The van der Waals surface area contributed by atoms with Crippen LogP contribution in [0.4, 0.5) is 0 Å². The Bertz CT molecular complexity index is 1250. The van der Waals surface area contributed by atoms with E-state index >= 15 is 0 Å². The lowest BCUT2D eigenvalue weighted by atomic mass is 10.1. The summed E-state index contributed by atoms with van der Waals surface area (Å²) in [5, 5.41) is 17.6. The monoisotopic (exact) mass is 375 g/mol. The lowest BCUT2D eigenvalue weighted by Gasteiger charge is -2.06. The van der Waals surface area contributed by atoms with Crippen molar-refractivity contribution in [1.29, 1.82) is 0 Å². The molecule has 8 nitrogen and oxygen atoms in total. The highest BCUT2D eigenvalue weighted by molar-refractivity contribution is 5.70. The van der Waals surface area contributed by atoms with Gasteiger partial charge in [-0.3, -0.25) is 9.78 Å². The van der Waals surface area contributed by atoms with Gasteiger partial charge in [0.15, 0.2) is 0 Å². The number of nitrogens with one attached hydrogen (secondary N) is 2. The fraction of sp³-hybridized carbons (Fsp3) is 0.100. The molecule has 0 aliphatic rings. The number of phenols is 1. The van der Waals surface area contributed by atoms with Crippen LogP contribution >= 0.6 is 0 Å². The zero-order valence-electron chi connectivity index (χ0n) is 15.0. The molecule has 0 aliphatic carbocycles. The highest BCUT2D eigenvalue weighted by Gasteiger charge is 2.12. The molecular weight excluding hydrogens is 358 g/mol. The third-order valence-corrected chi connectivity index (χ3v) is 4.44. The molecule has 0 saturated heterocycles. The molecule has 0 bridgehead atoms. The van der Waals surface area contributed by atoms with Gasteiger partial charge in [-0.2, -0.15) is 5.10 Å². The van der Waals surface area contributed by atoms with E-state index in [4.69, 9.17) is 0 Å². The molecule has 0 spiro atoms. The van der Waals surface area contributed by atoms with Gasteiger partial charge in [0.1, 0.15) is 11.4 Å². The molecule has 3 aromatic heterocycles. The fourth-order valence-electron chi connectivity index (χ4n) is 2.99. The van der Waals surface area contributed by atoms with Crippen LogP contribution in [0.5, 0.6) is 5.75 Å². The van der Waals surface area contributed by atoms with Crippen molar-refractivity contribution in [3.63, 3.8) is 0 Å². The van der Waals surface area contributed by atoms with Gasteiger partial charge in [-0.05, 0) is 36.8 Å². The Labute approximate surface area is 159 Å². The van der Waals surface area contributed by atoms with Gasteiger partial charge < -0.3 is 14.7 Å². The Morgan fingerprint density at radius 2 is 1.86 bits per heavy atom. The number of hydrogen-bond acceptors (Lipinski definition) is 5. The summed E-state index contributed by atoms with van der Waals surface area (Å²) in [4.78, 5) is 27.9. The second kappa shape index (κ2) is 6.99. The van der Waals surface area contributed by atoms with Crippen molar-refractivity contribution in [2.45, 2.75) is 13.5 Å². The van der Waals surface area contributed by atoms with E-state index in [1.165, 1.54) is 6.20 Å². The van der Waals surface area contributed by atoms with E-state index in [0.29, 0.717) is 12.2 Å². The number of aryl methyl sites for hydroxylation is 1. The van der Waals surface area contributed by atoms with Crippen molar-refractivity contribution in [2.75, 3.05) is 0 Å². The number of aromatic nitrogens is 5. The smallest absolute Gasteiger partial charge is 0.325 e. The largest absolute Gasteiger partial charge is 0.508 e. The average molecular weight is 375 g/mol. The lowest BCUT2D eigenvalue weighted by molar-refractivity contribution is 0.475. The van der Waals surface area contributed by atoms with Crippen LogP contribution in [0.15, 0.2) is 64.6 Å². The van der Waals surface area contributed by atoms with Gasteiger partial charge in [-0.25, -0.2) is 4.79 Å². The molecule has 0 radical (unpaired) electrons. The number of rotatable bonds is 4. The van der Waals surface area contributed by atoms with Crippen LogP contribution in [-0.2, 0) is 6.54 Å². The van der Waals surface area contributed by atoms with E-state index in [-0.39, 0.29) is 11.3 Å². The van der Waals surface area contributed by atoms with Crippen LogP contribution in [0, 0.1) is 6.92 Å². The molecule has 140 valence electrons. The molecule has 0 unspecified atom stereocenters. The summed E-state index contributed by atoms with van der Waals surface area (Å²) in [6, 6.07) is 10.8. The molecule has 1 aromatic carbocycles. The van der Waals surface area contributed by atoms with Gasteiger partial charge in [0.05, 0.1) is 11.3 Å². The molecular formula is C20H17N5O3. The first-order valence-corrected chi connectivity index (χ1v) is 8.60. The van der Waals surface area contributed by atoms with E-state index in [0.717, 1.165) is 22.4 Å². The number of hydrogen-bond donors (Lipinski definition) is 3. The summed E-state index contributed by atoms with van der Waals surface area (Å²) >= 11 is 0. The zero-order chi connectivity index (χ0) is 19.7. The van der Waals surface area contributed by atoms with Crippen molar-refractivity contribution in [2.24, 2.45) is 0 Å². The Hall–Kier alpha value is -3.94. The Morgan fingerprint density at radius 3 is 2.61 bits per heavy atom. The van der Waals surface area contributed by atoms with Crippen LogP contribution < -0.4 is 11.2 Å². The van der Waals surface area contributed by atoms with Gasteiger partial charge in [0, 0.05) is 36.3 Å². The molecule has 4 aromatic rings. The minimum absolute atomic E-state index is 0.236. The summed E-state index contributed by atoms with van der Waals surface area (Å²) in [7, 11) is 0. The molecule has 3 N–H and O–H groups in total. The summed E-state index contributed by atoms with van der Waals surface area (Å²) in [5.41, 5.74) is 3.12. The van der Waals surface area contributed by atoms with Crippen molar-refractivity contribution in [3.8, 4) is 28.1 Å². The molecule has 4 rings (SSSR count). The average Bonchev–Trinajstić information content (AvgIpc) is 3.13. The Morgan fingerprint density at radius 1 is 1.07 bits per heavy atom. The van der Waals surface area contributed by atoms with E-state index in [1.807, 2.05) is 42.1 Å². The van der Waals surface area contributed by atoms with E-state index in [1.54, 1.807) is 18.2 Å². The van der Waals surface area contributed by atoms with Crippen LogP contribution in [0.1, 0.15) is 11.3 Å². The minimum atomic E-state index is -0.569. The number of aromatic amines is 2. The molecule has 0 aliphatic heterocycles. The number of nitrogens with zero attached hydrogens (tertiary/aromatic N) is 3. The predicted molar refractivity (Wildman–Crippen MR) is 104 cm³/mol. The summed E-state index contributed by atoms with van der Waals surface area (Å²) < 4.78 is 2.02. The molecule has 0 amide bonds. The molecule has 28 heavy (non-hydrogen) atoms. The molecule has 0 fully saturated rings. The molecule has 8 heteroatoms. The zero-order valence-corrected chi connectivity index (χ0v) is 15.0. The van der Waals surface area contributed by atoms with E-state index < -0.39 is 11.2 Å². The van der Waals surface area contributed by atoms with Crippen LogP contribution in [0.25, 0.3) is 22.4 Å². The van der Waals surface area contributed by atoms with Crippen molar-refractivity contribution < 1.29 is 5.11 Å². The third-order valence-electron chi connectivity index (χ3n) is 4.44. The lowest BCUT2D eigenvalue weighted by Crippen LogP contribution is -2.22. The Balaban J connectivity index is 1.68. The van der Waals surface area contributed by atoms with Gasteiger partial charge >= 0.3 is 5.69 Å². The second-order valence-electron chi connectivity index (χ2n) is 6.45.